The molecule has 0 aromatic carbocycles. The minimum atomic E-state index is -1.11. The summed E-state index contributed by atoms with van der Waals surface area (Å²) in [7, 11) is -2.21. The normalized spacial score (nSPS) is 10.5. The predicted octanol–water partition coefficient (Wildman–Crippen LogP) is -2.24. The molecule has 6 heteroatoms. The fraction of sp³-hybridized carbons (Fsp3) is 1.00. The van der Waals surface area contributed by atoms with E-state index < -0.39 is 16.5 Å². The molecule has 0 aromatic heterocycles. The summed E-state index contributed by atoms with van der Waals surface area (Å²) in [6.45, 7) is 13.8. The molecule has 0 atom stereocenters. The SMILES string of the molecule is C[Si](C)(C)[N-][Si](C)(C)C.[Li+].[Li+].[NH2-]. The zero-order valence-corrected chi connectivity index (χ0v) is 12.0. The molecule has 0 rings (SSSR count). The van der Waals surface area contributed by atoms with Gasteiger partial charge in [0.05, 0.1) is 0 Å². The molecule has 0 saturated heterocycles. The van der Waals surface area contributed by atoms with Crippen LogP contribution in [0.2, 0.25) is 39.3 Å². The molecule has 12 heavy (non-hydrogen) atoms. The van der Waals surface area contributed by atoms with E-state index in [-0.39, 0.29) is 43.9 Å². The minimum Gasteiger partial charge on any atom is -0.693 e. The summed E-state index contributed by atoms with van der Waals surface area (Å²) < 4.78 is 4.82. The Morgan fingerprint density at radius 3 is 0.833 bits per heavy atom. The Hall–Kier alpha value is 1.55. The molecule has 0 aromatic rings. The summed E-state index contributed by atoms with van der Waals surface area (Å²) in [6.07, 6.45) is 0. The van der Waals surface area contributed by atoms with Crippen LogP contribution >= 0.6 is 0 Å². The van der Waals surface area contributed by atoms with Gasteiger partial charge in [-0.3, -0.25) is 0 Å². The van der Waals surface area contributed by atoms with Crippen molar-refractivity contribution in [1.82, 2.24) is 0 Å². The van der Waals surface area contributed by atoms with Crippen LogP contribution < -0.4 is 37.7 Å². The van der Waals surface area contributed by atoms with Gasteiger partial charge in [-0.15, -0.1) is 0 Å². The molecule has 0 aliphatic rings. The van der Waals surface area contributed by atoms with Crippen LogP contribution in [0.4, 0.5) is 0 Å². The van der Waals surface area contributed by atoms with Crippen molar-refractivity contribution in [2.24, 2.45) is 0 Å². The van der Waals surface area contributed by atoms with E-state index in [9.17, 15) is 0 Å². The van der Waals surface area contributed by atoms with Crippen molar-refractivity contribution < 1.29 is 37.7 Å². The monoisotopic (exact) mass is 190 g/mol. The van der Waals surface area contributed by atoms with Crippen LogP contribution in [-0.4, -0.2) is 16.5 Å². The molecule has 0 heterocycles. The third-order valence-electron chi connectivity index (χ3n) is 0.671. The topological polar surface area (TPSA) is 47.6 Å². The Bertz CT molecular complexity index is 86.7. The van der Waals surface area contributed by atoms with Gasteiger partial charge >= 0.3 is 37.7 Å². The Balaban J connectivity index is -0.000000107. The van der Waals surface area contributed by atoms with Crippen molar-refractivity contribution in [2.75, 3.05) is 0 Å². The molecule has 0 unspecified atom stereocenters. The van der Waals surface area contributed by atoms with Gasteiger partial charge in [-0.05, 0) is 0 Å². The average molecular weight is 190 g/mol. The first-order valence-corrected chi connectivity index (χ1v) is 10.3. The van der Waals surface area contributed by atoms with Crippen molar-refractivity contribution >= 4 is 16.5 Å². The molecule has 64 valence electrons. The second kappa shape index (κ2) is 7.91. The van der Waals surface area contributed by atoms with Crippen molar-refractivity contribution in [2.45, 2.75) is 39.3 Å². The molecule has 0 spiro atoms. The molecule has 0 fully saturated rings. The van der Waals surface area contributed by atoms with Gasteiger partial charge in [-0.25, -0.2) is 0 Å². The summed E-state index contributed by atoms with van der Waals surface area (Å²) in [4.78, 5) is 0. The number of nitrogens with zero attached hydrogens (tertiary/aromatic N) is 1. The Morgan fingerprint density at radius 1 is 0.667 bits per heavy atom. The zero-order valence-electron chi connectivity index (χ0n) is 10.0. The quantitative estimate of drug-likeness (QED) is 0.442. The maximum atomic E-state index is 4.82. The van der Waals surface area contributed by atoms with Crippen LogP contribution in [0.1, 0.15) is 0 Å². The molecule has 0 radical (unpaired) electrons. The molecule has 0 aliphatic carbocycles. The molecular weight excluding hydrogens is 170 g/mol. The third-order valence-corrected chi connectivity index (χ3v) is 6.04. The van der Waals surface area contributed by atoms with Gasteiger partial charge in [0.15, 0.2) is 0 Å². The second-order valence-corrected chi connectivity index (χ2v) is 14.0. The Labute approximate surface area is 104 Å². The van der Waals surface area contributed by atoms with Gasteiger partial charge in [0, 0.05) is 0 Å². The van der Waals surface area contributed by atoms with Gasteiger partial charge < -0.3 is 10.8 Å². The molecule has 0 saturated carbocycles. The fourth-order valence-electron chi connectivity index (χ4n) is 1.01. The van der Waals surface area contributed by atoms with Crippen molar-refractivity contribution in [3.63, 3.8) is 0 Å². The second-order valence-electron chi connectivity index (χ2n) is 4.45. The van der Waals surface area contributed by atoms with Gasteiger partial charge in [0.2, 0.25) is 0 Å². The predicted molar refractivity (Wildman–Crippen MR) is 55.3 cm³/mol. The third kappa shape index (κ3) is 22.6. The van der Waals surface area contributed by atoms with Gasteiger partial charge in [0.25, 0.3) is 0 Å². The van der Waals surface area contributed by atoms with Crippen LogP contribution in [-0.2, 0) is 0 Å². The maximum absolute atomic E-state index is 4.82. The van der Waals surface area contributed by atoms with Gasteiger partial charge in [-0.1, -0.05) is 55.8 Å². The standard InChI is InChI=1S/C6H18NSi2.2Li.H2N/c1-8(2,3)7-9(4,5)6;;;/h1-6H3;;;1H2/q-1;2*+1;-1. The number of hydrogen-bond donors (Lipinski definition) is 0. The van der Waals surface area contributed by atoms with Crippen molar-refractivity contribution in [3.05, 3.63) is 10.8 Å². The largest absolute Gasteiger partial charge is 1.00 e. The van der Waals surface area contributed by atoms with Crippen LogP contribution in [0, 0.1) is 0 Å². The Morgan fingerprint density at radius 2 is 0.833 bits per heavy atom. The van der Waals surface area contributed by atoms with E-state index in [4.69, 9.17) is 4.65 Å². The molecular formula is C6H20Li2N2Si2. The van der Waals surface area contributed by atoms with Crippen molar-refractivity contribution in [3.8, 4) is 0 Å². The first kappa shape index (κ1) is 23.4. The van der Waals surface area contributed by atoms with E-state index in [1.165, 1.54) is 0 Å². The molecule has 0 amide bonds. The van der Waals surface area contributed by atoms with Crippen LogP contribution in [0.25, 0.3) is 10.8 Å². The first-order valence-electron chi connectivity index (χ1n) is 3.45. The molecule has 0 bridgehead atoms. The summed E-state index contributed by atoms with van der Waals surface area (Å²) in [6, 6.07) is 0. The summed E-state index contributed by atoms with van der Waals surface area (Å²) in [5, 5.41) is 0. The van der Waals surface area contributed by atoms with Gasteiger partial charge in [-0.2, -0.15) is 0 Å². The minimum absolute atomic E-state index is 0. The summed E-state index contributed by atoms with van der Waals surface area (Å²) in [5.74, 6) is 0. The van der Waals surface area contributed by atoms with E-state index >= 15 is 0 Å². The maximum Gasteiger partial charge on any atom is 1.00 e. The van der Waals surface area contributed by atoms with E-state index in [0.29, 0.717) is 0 Å². The smallest absolute Gasteiger partial charge is 0.693 e. The fourth-order valence-corrected chi connectivity index (χ4v) is 9.06. The molecule has 2 nitrogen and oxygen atoms in total. The van der Waals surface area contributed by atoms with Crippen molar-refractivity contribution in [1.29, 1.82) is 0 Å². The Kier molecular flexibility index (Phi) is 15.4. The van der Waals surface area contributed by atoms with Crippen LogP contribution in [0.5, 0.6) is 0 Å². The summed E-state index contributed by atoms with van der Waals surface area (Å²) >= 11 is 0. The number of nitrogens with two attached hydrogens (primary N) is 1. The number of hydrogen-bond acceptors (Lipinski definition) is 0. The van der Waals surface area contributed by atoms with E-state index in [1.54, 1.807) is 0 Å². The van der Waals surface area contributed by atoms with E-state index in [2.05, 4.69) is 39.3 Å². The zero-order chi connectivity index (χ0) is 7.71. The summed E-state index contributed by atoms with van der Waals surface area (Å²) in [5.41, 5.74) is 0. The average Bonchev–Trinajstić information content (AvgIpc) is 1.14. The molecule has 0 aliphatic heterocycles. The van der Waals surface area contributed by atoms with E-state index in [0.717, 1.165) is 0 Å². The van der Waals surface area contributed by atoms with Gasteiger partial charge in [0.1, 0.15) is 0 Å². The van der Waals surface area contributed by atoms with E-state index in [1.807, 2.05) is 0 Å². The van der Waals surface area contributed by atoms with Crippen LogP contribution in [0.3, 0.4) is 0 Å². The molecule has 2 N–H and O–H groups in total. The van der Waals surface area contributed by atoms with Crippen LogP contribution in [0.15, 0.2) is 0 Å². The first-order chi connectivity index (χ1) is 3.71. The number of rotatable bonds is 2.